The Morgan fingerprint density at radius 2 is 1.43 bits per heavy atom. The molecule has 2 aromatic carbocycles. The Kier molecular flexibility index (Phi) is 17.8. The molecule has 0 radical (unpaired) electrons. The van der Waals surface area contributed by atoms with Crippen LogP contribution in [0.2, 0.25) is 0 Å². The van der Waals surface area contributed by atoms with E-state index in [9.17, 15) is 33.9 Å². The summed E-state index contributed by atoms with van der Waals surface area (Å²) in [4.78, 5) is 75.7. The van der Waals surface area contributed by atoms with E-state index in [2.05, 4.69) is 24.5 Å². The average molecular weight is 932 g/mol. The molecule has 7 atom stereocenters. The van der Waals surface area contributed by atoms with Gasteiger partial charge >= 0.3 is 23.9 Å². The second-order valence-corrected chi connectivity index (χ2v) is 18.0. The molecule has 6 rings (SSSR count). The standard InChI is InChI=1S/C49H61N3O15/c1-47-16-13-40(53)48(2,38(47)12-17-49(3)39(47)28-37(67-49)36-14-19-65-46(36)59)31-66-42(55)15-20-64-45(58)34-6-4-32(5-7-34)44(57)33-8-10-35(11-9-33)52-41(54)29-51-30-43(56)63-27-26-62-25-24-61-23-22-60-21-18-50/h4-11,14,37-40,51,53H,12-13,15-17,19-31H2,1-3H3,(H,52,54)/t37?,38?,39?,40-,47-,48+,49?/m1/s1. The molecule has 362 valence electrons. The molecule has 0 bridgehead atoms. The number of benzene rings is 2. The highest BCUT2D eigenvalue weighted by Gasteiger charge is 2.65. The number of nitrogens with one attached hydrogen (secondary N) is 2. The fraction of sp³-hybridized carbons (Fsp3) is 0.571. The molecule has 3 fully saturated rings. The van der Waals surface area contributed by atoms with Crippen LogP contribution in [-0.4, -0.2) is 138 Å². The van der Waals surface area contributed by atoms with Crippen molar-refractivity contribution in [3.05, 3.63) is 76.9 Å². The molecule has 4 unspecified atom stereocenters. The third kappa shape index (κ3) is 12.9. The Morgan fingerprint density at radius 1 is 0.776 bits per heavy atom. The zero-order valence-electron chi connectivity index (χ0n) is 38.3. The van der Waals surface area contributed by atoms with Crippen molar-refractivity contribution in [1.29, 1.82) is 5.26 Å². The third-order valence-corrected chi connectivity index (χ3v) is 13.6. The number of esters is 4. The molecular formula is C49H61N3O15. The second kappa shape index (κ2) is 23.5. The zero-order chi connectivity index (χ0) is 48.0. The minimum absolute atomic E-state index is 0.0121. The van der Waals surface area contributed by atoms with Gasteiger partial charge in [0.1, 0.15) is 26.4 Å². The van der Waals surface area contributed by atoms with E-state index in [1.165, 1.54) is 24.3 Å². The van der Waals surface area contributed by atoms with Crippen LogP contribution in [0.4, 0.5) is 5.69 Å². The monoisotopic (exact) mass is 931 g/mol. The van der Waals surface area contributed by atoms with E-state index in [-0.39, 0.29) is 99.8 Å². The Morgan fingerprint density at radius 3 is 2.10 bits per heavy atom. The van der Waals surface area contributed by atoms with Crippen molar-refractivity contribution in [2.45, 2.75) is 77.1 Å². The van der Waals surface area contributed by atoms with Gasteiger partial charge in [0.05, 0.1) is 94.2 Å². The van der Waals surface area contributed by atoms with Gasteiger partial charge in [-0.25, -0.2) is 9.59 Å². The molecule has 18 heteroatoms. The number of nitrogens with zero attached hydrogens (tertiary/aromatic N) is 1. The number of ether oxygens (including phenoxy) is 8. The van der Waals surface area contributed by atoms with Gasteiger partial charge in [0, 0.05) is 22.2 Å². The normalized spacial score (nSPS) is 26.3. The number of rotatable bonds is 24. The molecule has 2 aromatic rings. The molecule has 1 amide bonds. The van der Waals surface area contributed by atoms with Crippen LogP contribution in [0, 0.1) is 34.0 Å². The molecule has 2 aliphatic heterocycles. The van der Waals surface area contributed by atoms with Gasteiger partial charge in [-0.3, -0.25) is 24.5 Å². The lowest BCUT2D eigenvalue weighted by Crippen LogP contribution is -2.61. The van der Waals surface area contributed by atoms with E-state index in [1.807, 2.05) is 19.1 Å². The maximum Gasteiger partial charge on any atom is 0.338 e. The second-order valence-electron chi connectivity index (χ2n) is 18.0. The summed E-state index contributed by atoms with van der Waals surface area (Å²) in [6, 6.07) is 14.0. The number of amides is 1. The van der Waals surface area contributed by atoms with Crippen molar-refractivity contribution in [1.82, 2.24) is 5.32 Å². The molecule has 1 saturated heterocycles. The van der Waals surface area contributed by atoms with Crippen molar-refractivity contribution >= 4 is 41.3 Å². The summed E-state index contributed by atoms with van der Waals surface area (Å²) < 4.78 is 43.5. The van der Waals surface area contributed by atoms with E-state index >= 15 is 0 Å². The van der Waals surface area contributed by atoms with E-state index in [1.54, 1.807) is 24.3 Å². The number of nitriles is 1. The van der Waals surface area contributed by atoms with Crippen LogP contribution in [0.5, 0.6) is 0 Å². The first kappa shape index (κ1) is 50.9. The van der Waals surface area contributed by atoms with Gasteiger partial charge in [-0.2, -0.15) is 5.26 Å². The first-order chi connectivity index (χ1) is 32.2. The van der Waals surface area contributed by atoms with E-state index in [4.69, 9.17) is 43.2 Å². The van der Waals surface area contributed by atoms with Gasteiger partial charge in [0.15, 0.2) is 5.78 Å². The number of anilines is 1. The summed E-state index contributed by atoms with van der Waals surface area (Å²) in [5, 5.41) is 25.1. The molecule has 2 heterocycles. The zero-order valence-corrected chi connectivity index (χ0v) is 38.3. The number of carbonyl (C=O) groups excluding carboxylic acids is 6. The lowest BCUT2D eigenvalue weighted by atomic mass is 9.44. The van der Waals surface area contributed by atoms with E-state index in [0.717, 1.165) is 19.3 Å². The summed E-state index contributed by atoms with van der Waals surface area (Å²) >= 11 is 0. The van der Waals surface area contributed by atoms with Crippen molar-refractivity contribution in [3.63, 3.8) is 0 Å². The number of carbonyl (C=O) groups is 6. The number of ketones is 1. The molecule has 0 aromatic heterocycles. The van der Waals surface area contributed by atoms with Gasteiger partial charge in [0.2, 0.25) is 5.91 Å². The topological polar surface area (TPSA) is 244 Å². The largest absolute Gasteiger partial charge is 0.465 e. The van der Waals surface area contributed by atoms with Crippen LogP contribution in [0.3, 0.4) is 0 Å². The highest BCUT2D eigenvalue weighted by Crippen LogP contribution is 2.66. The summed E-state index contributed by atoms with van der Waals surface area (Å²) in [5.41, 5.74) is 0.512. The van der Waals surface area contributed by atoms with Crippen LogP contribution in [-0.2, 0) is 57.1 Å². The smallest absolute Gasteiger partial charge is 0.338 e. The number of hydrogen-bond donors (Lipinski definition) is 3. The highest BCUT2D eigenvalue weighted by molar-refractivity contribution is 6.09. The summed E-state index contributed by atoms with van der Waals surface area (Å²) in [6.07, 6.45) is 4.14. The number of hydrogen-bond acceptors (Lipinski definition) is 17. The fourth-order valence-corrected chi connectivity index (χ4v) is 10.1. The summed E-state index contributed by atoms with van der Waals surface area (Å²) in [7, 11) is 0. The molecule has 2 saturated carbocycles. The number of cyclic esters (lactones) is 1. The van der Waals surface area contributed by atoms with Crippen LogP contribution < -0.4 is 10.6 Å². The Bertz CT molecular complexity index is 2160. The first-order valence-electron chi connectivity index (χ1n) is 22.7. The number of aliphatic hydroxyl groups is 1. The van der Waals surface area contributed by atoms with Crippen molar-refractivity contribution in [2.75, 3.05) is 84.5 Å². The Balaban J connectivity index is 0.864. The van der Waals surface area contributed by atoms with Crippen molar-refractivity contribution < 1.29 is 71.8 Å². The Labute approximate surface area is 389 Å². The SMILES string of the molecule is CC12CCC3[C@@](C)(CC[C@@H](O)[C@@]3(C)COC(=O)CCOC(=O)c3ccc(C(=O)c4ccc(NC(=O)CNCC(=O)OCCOCCOCCOCC#N)cc4)cc3)C1CC(C1=CCOC1=O)O2. The molecule has 3 N–H and O–H groups in total. The average Bonchev–Trinajstić information content (AvgIpc) is 3.92. The van der Waals surface area contributed by atoms with Crippen molar-refractivity contribution in [3.8, 4) is 6.07 Å². The predicted octanol–water partition coefficient (Wildman–Crippen LogP) is 3.88. The van der Waals surface area contributed by atoms with Crippen LogP contribution in [0.1, 0.15) is 85.6 Å². The number of fused-ring (bicyclic) bond motifs is 3. The lowest BCUT2D eigenvalue weighted by Gasteiger charge is -2.61. The summed E-state index contributed by atoms with van der Waals surface area (Å²) in [6.45, 7) is 7.57. The molecule has 2 aliphatic carbocycles. The molecule has 67 heavy (non-hydrogen) atoms. The van der Waals surface area contributed by atoms with Gasteiger partial charge in [-0.05, 0) is 98.8 Å². The first-order valence-corrected chi connectivity index (χ1v) is 22.7. The summed E-state index contributed by atoms with van der Waals surface area (Å²) in [5.74, 6) is -2.66. The maximum absolute atomic E-state index is 13.2. The lowest BCUT2D eigenvalue weighted by molar-refractivity contribution is -0.203. The molecular weight excluding hydrogens is 871 g/mol. The Hall–Kier alpha value is -5.55. The molecule has 4 aliphatic rings. The van der Waals surface area contributed by atoms with Gasteiger partial charge < -0.3 is 48.3 Å². The molecule has 0 spiro atoms. The van der Waals surface area contributed by atoms with Gasteiger partial charge in [-0.15, -0.1) is 0 Å². The fourth-order valence-electron chi connectivity index (χ4n) is 10.1. The molecule has 18 nitrogen and oxygen atoms in total. The van der Waals surface area contributed by atoms with E-state index in [0.29, 0.717) is 61.7 Å². The van der Waals surface area contributed by atoms with Crippen LogP contribution >= 0.6 is 0 Å². The number of aliphatic hydroxyl groups excluding tert-OH is 1. The van der Waals surface area contributed by atoms with Gasteiger partial charge in [-0.1, -0.05) is 26.0 Å². The van der Waals surface area contributed by atoms with Crippen molar-refractivity contribution in [2.24, 2.45) is 22.7 Å². The third-order valence-electron chi connectivity index (χ3n) is 13.6. The minimum atomic E-state index is -0.715. The van der Waals surface area contributed by atoms with Crippen LogP contribution in [0.25, 0.3) is 0 Å². The van der Waals surface area contributed by atoms with Crippen LogP contribution in [0.15, 0.2) is 60.2 Å². The maximum atomic E-state index is 13.2. The minimum Gasteiger partial charge on any atom is -0.465 e. The van der Waals surface area contributed by atoms with E-state index < -0.39 is 40.9 Å². The predicted molar refractivity (Wildman–Crippen MR) is 237 cm³/mol. The van der Waals surface area contributed by atoms with Gasteiger partial charge in [0.25, 0.3) is 0 Å². The highest BCUT2D eigenvalue weighted by atomic mass is 16.6. The quantitative estimate of drug-likeness (QED) is 0.0585.